The molecule has 36 heavy (non-hydrogen) atoms. The number of ketones is 1. The molecule has 0 radical (unpaired) electrons. The quantitative estimate of drug-likeness (QED) is 0.282. The zero-order chi connectivity index (χ0) is 27.6. The minimum absolute atomic E-state index is 0.0295. The van der Waals surface area contributed by atoms with E-state index < -0.39 is 64.4 Å². The molecule has 2 saturated carbocycles. The van der Waals surface area contributed by atoms with Crippen molar-refractivity contribution in [2.24, 2.45) is 28.6 Å². The van der Waals surface area contributed by atoms with Crippen LogP contribution < -0.4 is 5.48 Å². The molecule has 206 valence electrons. The SMILES string of the molecule is C=C[C@@H](C)CC(=O)[C@]1(O)[C@@H](C)[C@H](OC(=O)NOC(=O)CCN(C)C)[C@H](O)[C@H]2C(C)(C)CC[C@@H](O)[C@@]21C. The molecule has 0 heterocycles. The number of hydrogen-bond acceptors (Lipinski definition) is 9. The highest BCUT2D eigenvalue weighted by Crippen LogP contribution is 2.63. The van der Waals surface area contributed by atoms with E-state index in [1.54, 1.807) is 38.9 Å². The number of allylic oxidation sites excluding steroid dienone is 1. The Morgan fingerprint density at radius 1 is 1.22 bits per heavy atom. The van der Waals surface area contributed by atoms with Gasteiger partial charge in [0.1, 0.15) is 11.7 Å². The van der Waals surface area contributed by atoms with Gasteiger partial charge in [0.2, 0.25) is 0 Å². The van der Waals surface area contributed by atoms with Crippen LogP contribution in [0.25, 0.3) is 0 Å². The van der Waals surface area contributed by atoms with Crippen molar-refractivity contribution in [2.45, 2.75) is 84.2 Å². The smallest absolute Gasteiger partial charge is 0.441 e. The van der Waals surface area contributed by atoms with Crippen LogP contribution in [0.4, 0.5) is 4.79 Å². The first-order valence-corrected chi connectivity index (χ1v) is 12.6. The second-order valence-corrected chi connectivity index (χ2v) is 11.7. The molecule has 2 aliphatic carbocycles. The van der Waals surface area contributed by atoms with Gasteiger partial charge in [-0.15, -0.1) is 12.1 Å². The number of aliphatic hydroxyl groups is 3. The highest BCUT2D eigenvalue weighted by atomic mass is 16.7. The number of nitrogens with one attached hydrogen (secondary N) is 1. The lowest BCUT2D eigenvalue weighted by Crippen LogP contribution is -2.77. The molecule has 2 fully saturated rings. The van der Waals surface area contributed by atoms with E-state index >= 15 is 0 Å². The van der Waals surface area contributed by atoms with Gasteiger partial charge in [-0.05, 0) is 38.3 Å². The van der Waals surface area contributed by atoms with E-state index in [1.807, 2.05) is 19.3 Å². The lowest BCUT2D eigenvalue weighted by Gasteiger charge is -2.66. The number of nitrogens with zero attached hydrogens (tertiary/aromatic N) is 1. The molecule has 0 aromatic carbocycles. The van der Waals surface area contributed by atoms with Gasteiger partial charge in [0.25, 0.3) is 0 Å². The van der Waals surface area contributed by atoms with Crippen molar-refractivity contribution >= 4 is 17.8 Å². The summed E-state index contributed by atoms with van der Waals surface area (Å²) in [5, 5.41) is 34.9. The van der Waals surface area contributed by atoms with Gasteiger partial charge < -0.3 is 29.8 Å². The van der Waals surface area contributed by atoms with E-state index in [2.05, 4.69) is 6.58 Å². The third-order valence-corrected chi connectivity index (χ3v) is 8.48. The minimum Gasteiger partial charge on any atom is -0.441 e. The van der Waals surface area contributed by atoms with E-state index in [9.17, 15) is 29.7 Å². The van der Waals surface area contributed by atoms with Crippen LogP contribution in [0.1, 0.15) is 60.3 Å². The molecule has 0 aromatic rings. The number of rotatable bonds is 8. The van der Waals surface area contributed by atoms with Gasteiger partial charge in [0.15, 0.2) is 5.78 Å². The fraction of sp³-hybridized carbons (Fsp3) is 0.808. The molecule has 0 bridgehead atoms. The molecule has 8 atom stereocenters. The Hall–Kier alpha value is -2.01. The van der Waals surface area contributed by atoms with Gasteiger partial charge in [-0.2, -0.15) is 0 Å². The summed E-state index contributed by atoms with van der Waals surface area (Å²) in [6.07, 6.45) is -2.29. The van der Waals surface area contributed by atoms with Crippen molar-refractivity contribution in [3.63, 3.8) is 0 Å². The standard InChI is InChI=1S/C26H44N2O8/c1-9-15(2)14-18(30)26(34)16(3)21(35-23(33)27-36-19(31)11-13-28(7)8)20(32)22-24(4,5)12-10-17(29)25(22,26)6/h9,15-17,20-22,29,32,34H,1,10-14H2,2-8H3,(H,27,33)/t15-,16+,17-,20+,21+,22+,25+,26-/m1/s1. The number of ether oxygens (including phenoxy) is 1. The van der Waals surface area contributed by atoms with Crippen molar-refractivity contribution in [1.82, 2.24) is 10.4 Å². The first kappa shape index (κ1) is 30.2. The predicted octanol–water partition coefficient (Wildman–Crippen LogP) is 1.82. The highest BCUT2D eigenvalue weighted by Gasteiger charge is 2.73. The first-order valence-electron chi connectivity index (χ1n) is 12.6. The summed E-state index contributed by atoms with van der Waals surface area (Å²) in [5.74, 6) is -3.27. The van der Waals surface area contributed by atoms with E-state index in [0.29, 0.717) is 19.4 Å². The van der Waals surface area contributed by atoms with Crippen molar-refractivity contribution in [2.75, 3.05) is 20.6 Å². The lowest BCUT2D eigenvalue weighted by molar-refractivity contribution is -0.291. The molecule has 10 nitrogen and oxygen atoms in total. The number of hydrogen-bond donors (Lipinski definition) is 4. The Balaban J connectivity index is 2.39. The second kappa shape index (κ2) is 11.2. The monoisotopic (exact) mass is 512 g/mol. The largest absolute Gasteiger partial charge is 0.441 e. The van der Waals surface area contributed by atoms with Crippen LogP contribution in [0.15, 0.2) is 12.7 Å². The molecular formula is C26H44N2O8. The molecule has 0 aromatic heterocycles. The van der Waals surface area contributed by atoms with Crippen LogP contribution in [0.3, 0.4) is 0 Å². The van der Waals surface area contributed by atoms with Gasteiger partial charge in [0.05, 0.1) is 18.6 Å². The average Bonchev–Trinajstić information content (AvgIpc) is 2.79. The fourth-order valence-electron chi connectivity index (χ4n) is 6.37. The molecule has 4 N–H and O–H groups in total. The van der Waals surface area contributed by atoms with Gasteiger partial charge in [-0.1, -0.05) is 40.7 Å². The topological polar surface area (TPSA) is 146 Å². The van der Waals surface area contributed by atoms with Crippen molar-refractivity contribution in [3.05, 3.63) is 12.7 Å². The number of aliphatic hydroxyl groups excluding tert-OH is 2. The molecule has 10 heteroatoms. The summed E-state index contributed by atoms with van der Waals surface area (Å²) in [6.45, 7) is 12.9. The van der Waals surface area contributed by atoms with E-state index in [-0.39, 0.29) is 18.8 Å². The summed E-state index contributed by atoms with van der Waals surface area (Å²) < 4.78 is 5.49. The Morgan fingerprint density at radius 3 is 2.39 bits per heavy atom. The normalized spacial score (nSPS) is 36.4. The Kier molecular flexibility index (Phi) is 9.37. The maximum atomic E-state index is 13.7. The van der Waals surface area contributed by atoms with Crippen molar-refractivity contribution in [1.29, 1.82) is 0 Å². The predicted molar refractivity (Wildman–Crippen MR) is 132 cm³/mol. The number of carbonyl (C=O) groups is 3. The fourth-order valence-corrected chi connectivity index (χ4v) is 6.37. The van der Waals surface area contributed by atoms with E-state index in [4.69, 9.17) is 9.57 Å². The van der Waals surface area contributed by atoms with Crippen LogP contribution in [-0.4, -0.2) is 82.6 Å². The summed E-state index contributed by atoms with van der Waals surface area (Å²) in [4.78, 5) is 44.6. The summed E-state index contributed by atoms with van der Waals surface area (Å²) in [5.41, 5.74) is -2.18. The highest BCUT2D eigenvalue weighted by molar-refractivity contribution is 5.89. The molecule has 2 aliphatic rings. The van der Waals surface area contributed by atoms with Crippen LogP contribution in [-0.2, 0) is 19.2 Å². The maximum Gasteiger partial charge on any atom is 0.441 e. The molecule has 2 rings (SSSR count). The van der Waals surface area contributed by atoms with Crippen molar-refractivity contribution < 1.29 is 39.3 Å². The molecule has 0 unspecified atom stereocenters. The third-order valence-electron chi connectivity index (χ3n) is 8.48. The Morgan fingerprint density at radius 2 is 1.83 bits per heavy atom. The number of hydroxylamine groups is 1. The van der Waals surface area contributed by atoms with Crippen LogP contribution in [0, 0.1) is 28.6 Å². The Labute approximate surface area is 214 Å². The van der Waals surface area contributed by atoms with E-state index in [0.717, 1.165) is 0 Å². The molecule has 0 aliphatic heterocycles. The summed E-state index contributed by atoms with van der Waals surface area (Å²) in [7, 11) is 3.58. The minimum atomic E-state index is -2.11. The zero-order valence-electron chi connectivity index (χ0n) is 22.6. The van der Waals surface area contributed by atoms with Crippen LogP contribution in [0.2, 0.25) is 0 Å². The molecular weight excluding hydrogens is 468 g/mol. The van der Waals surface area contributed by atoms with Gasteiger partial charge in [0, 0.05) is 30.2 Å². The van der Waals surface area contributed by atoms with Gasteiger partial charge in [-0.3, -0.25) is 4.79 Å². The van der Waals surface area contributed by atoms with Gasteiger partial charge in [-0.25, -0.2) is 9.59 Å². The van der Waals surface area contributed by atoms with Crippen LogP contribution in [0.5, 0.6) is 0 Å². The molecule has 0 saturated heterocycles. The summed E-state index contributed by atoms with van der Waals surface area (Å²) in [6, 6.07) is 0. The number of amides is 1. The summed E-state index contributed by atoms with van der Waals surface area (Å²) >= 11 is 0. The average molecular weight is 513 g/mol. The second-order valence-electron chi connectivity index (χ2n) is 11.7. The Bertz CT molecular complexity index is 846. The number of fused-ring (bicyclic) bond motifs is 1. The molecule has 0 spiro atoms. The molecule has 1 amide bonds. The first-order chi connectivity index (χ1) is 16.5. The van der Waals surface area contributed by atoms with E-state index in [1.165, 1.54) is 6.92 Å². The van der Waals surface area contributed by atoms with Gasteiger partial charge >= 0.3 is 12.1 Å². The van der Waals surface area contributed by atoms with Crippen molar-refractivity contribution in [3.8, 4) is 0 Å². The third kappa shape index (κ3) is 5.46. The number of Topliss-reactive ketones (excluding diaryl/α,β-unsaturated/α-hetero) is 1. The maximum absolute atomic E-state index is 13.7. The zero-order valence-corrected chi connectivity index (χ0v) is 22.6. The lowest BCUT2D eigenvalue weighted by atomic mass is 9.41. The number of carbonyl (C=O) groups excluding carboxylic acids is 3. The van der Waals surface area contributed by atoms with Crippen LogP contribution >= 0.6 is 0 Å².